The van der Waals surface area contributed by atoms with Gasteiger partial charge in [0.2, 0.25) is 5.95 Å². The number of rotatable bonds is 7. The highest BCUT2D eigenvalue weighted by Crippen LogP contribution is 2.23. The zero-order valence-electron chi connectivity index (χ0n) is 17.9. The van der Waals surface area contributed by atoms with E-state index in [2.05, 4.69) is 40.8 Å². The van der Waals surface area contributed by atoms with Crippen LogP contribution in [0, 0.1) is 6.92 Å². The van der Waals surface area contributed by atoms with Gasteiger partial charge in [0, 0.05) is 25.4 Å². The zero-order chi connectivity index (χ0) is 22.8. The number of hydrogen-bond donors (Lipinski definition) is 3. The Bertz CT molecular complexity index is 1390. The number of nitrogens with one attached hydrogen (secondary N) is 3. The second-order valence-electron chi connectivity index (χ2n) is 7.41. The minimum atomic E-state index is 0.244. The maximum atomic E-state index is 5.79. The molecule has 0 spiro atoms. The van der Waals surface area contributed by atoms with Crippen molar-refractivity contribution in [1.82, 2.24) is 34.7 Å². The number of nitrogens with zero attached hydrogens (tertiary/aromatic N) is 6. The van der Waals surface area contributed by atoms with Crippen LogP contribution in [-0.4, -0.2) is 34.7 Å². The number of aryl methyl sites for hydroxylation is 2. The molecule has 0 aliphatic rings. The van der Waals surface area contributed by atoms with Crippen LogP contribution in [0.4, 0.5) is 17.5 Å². The Morgan fingerprint density at radius 1 is 1.06 bits per heavy atom. The first-order valence-electron chi connectivity index (χ1n) is 10.1. The van der Waals surface area contributed by atoms with Crippen LogP contribution in [0.5, 0.6) is 11.8 Å². The minimum Gasteiger partial charge on any atom is -0.424 e. The Labute approximate surface area is 194 Å². The summed E-state index contributed by atoms with van der Waals surface area (Å²) in [5.41, 5.74) is 4.45. The third kappa shape index (κ3) is 4.70. The first-order valence-corrected chi connectivity index (χ1v) is 10.5. The summed E-state index contributed by atoms with van der Waals surface area (Å²) in [5, 5.41) is 14.2. The molecule has 166 valence electrons. The Balaban J connectivity index is 1.25. The molecule has 0 aliphatic heterocycles. The van der Waals surface area contributed by atoms with Crippen LogP contribution in [0.15, 0.2) is 55.0 Å². The third-order valence-corrected chi connectivity index (χ3v) is 5.09. The van der Waals surface area contributed by atoms with E-state index in [1.165, 1.54) is 12.4 Å². The molecule has 0 unspecified atom stereocenters. The lowest BCUT2D eigenvalue weighted by Crippen LogP contribution is -2.05. The lowest BCUT2D eigenvalue weighted by atomic mass is 10.2. The first-order chi connectivity index (χ1) is 16.0. The molecule has 0 bridgehead atoms. The number of aromatic amines is 1. The van der Waals surface area contributed by atoms with Crippen LogP contribution in [0.3, 0.4) is 0 Å². The number of imidazole rings is 1. The monoisotopic (exact) mass is 461 g/mol. The standard InChI is InChI=1S/C22H20ClN9O/c1-13-7-19(31-30-13)28-16-8-18-20(24-12-16)29-21(32(18)2)25-9-14-3-5-17(6-4-14)33-22-26-10-15(23)11-27-22/h3-8,10-12H,9H2,1-2H3,(H,24,25,29)(H2,28,30,31). The van der Waals surface area contributed by atoms with Crippen LogP contribution in [-0.2, 0) is 13.6 Å². The maximum Gasteiger partial charge on any atom is 0.321 e. The fourth-order valence-corrected chi connectivity index (χ4v) is 3.34. The van der Waals surface area contributed by atoms with Crippen molar-refractivity contribution in [2.24, 2.45) is 7.05 Å². The van der Waals surface area contributed by atoms with Crippen LogP contribution in [0.1, 0.15) is 11.3 Å². The normalized spacial score (nSPS) is 11.0. The second kappa shape index (κ2) is 8.75. The lowest BCUT2D eigenvalue weighted by Gasteiger charge is -2.08. The van der Waals surface area contributed by atoms with E-state index in [4.69, 9.17) is 16.3 Å². The van der Waals surface area contributed by atoms with E-state index >= 15 is 0 Å². The van der Waals surface area contributed by atoms with E-state index in [0.717, 1.165) is 34.2 Å². The fraction of sp³-hybridized carbons (Fsp3) is 0.136. The van der Waals surface area contributed by atoms with Gasteiger partial charge < -0.3 is 19.9 Å². The number of anilines is 3. The summed E-state index contributed by atoms with van der Waals surface area (Å²) in [5.74, 6) is 2.10. The molecule has 10 nitrogen and oxygen atoms in total. The van der Waals surface area contributed by atoms with Gasteiger partial charge in [-0.2, -0.15) is 10.1 Å². The Morgan fingerprint density at radius 2 is 1.85 bits per heavy atom. The quantitative estimate of drug-likeness (QED) is 0.322. The summed E-state index contributed by atoms with van der Waals surface area (Å²) in [6, 6.07) is 11.8. The summed E-state index contributed by atoms with van der Waals surface area (Å²) in [4.78, 5) is 17.1. The molecule has 0 atom stereocenters. The van der Waals surface area contributed by atoms with Crippen molar-refractivity contribution in [1.29, 1.82) is 0 Å². The predicted octanol–water partition coefficient (Wildman–Crippen LogP) is 4.59. The second-order valence-corrected chi connectivity index (χ2v) is 7.84. The largest absolute Gasteiger partial charge is 0.424 e. The van der Waals surface area contributed by atoms with Gasteiger partial charge in [-0.3, -0.25) is 5.10 Å². The molecule has 0 amide bonds. The van der Waals surface area contributed by atoms with Gasteiger partial charge >= 0.3 is 6.01 Å². The van der Waals surface area contributed by atoms with Crippen LogP contribution < -0.4 is 15.4 Å². The highest BCUT2D eigenvalue weighted by atomic mass is 35.5. The molecular formula is C22H20ClN9O. The summed E-state index contributed by atoms with van der Waals surface area (Å²) < 4.78 is 7.60. The molecule has 0 saturated heterocycles. The molecule has 0 radical (unpaired) electrons. The van der Waals surface area contributed by atoms with Gasteiger partial charge in [0.1, 0.15) is 5.75 Å². The molecule has 4 aromatic heterocycles. The average molecular weight is 462 g/mol. The molecule has 3 N–H and O–H groups in total. The van der Waals surface area contributed by atoms with Gasteiger partial charge in [0.05, 0.1) is 34.8 Å². The number of fused-ring (bicyclic) bond motifs is 1. The van der Waals surface area contributed by atoms with Crippen LogP contribution in [0.2, 0.25) is 5.02 Å². The van der Waals surface area contributed by atoms with Gasteiger partial charge in [-0.25, -0.2) is 15.0 Å². The number of pyridine rings is 1. The molecule has 0 fully saturated rings. The molecule has 4 heterocycles. The molecule has 11 heteroatoms. The van der Waals surface area contributed by atoms with Gasteiger partial charge in [0.25, 0.3) is 0 Å². The first kappa shape index (κ1) is 20.7. The van der Waals surface area contributed by atoms with Gasteiger partial charge in [-0.15, -0.1) is 0 Å². The van der Waals surface area contributed by atoms with E-state index in [9.17, 15) is 0 Å². The van der Waals surface area contributed by atoms with E-state index in [0.29, 0.717) is 23.0 Å². The van der Waals surface area contributed by atoms with Crippen molar-refractivity contribution in [3.8, 4) is 11.8 Å². The molecule has 1 aromatic carbocycles. The number of benzene rings is 1. The average Bonchev–Trinajstić information content (AvgIpc) is 3.37. The molecule has 5 rings (SSSR count). The molecular weight excluding hydrogens is 442 g/mol. The maximum absolute atomic E-state index is 5.79. The summed E-state index contributed by atoms with van der Waals surface area (Å²) >= 11 is 5.79. The van der Waals surface area contributed by atoms with Gasteiger partial charge in [-0.1, -0.05) is 23.7 Å². The van der Waals surface area contributed by atoms with Gasteiger partial charge in [0.15, 0.2) is 11.5 Å². The topological polar surface area (TPSA) is 118 Å². The van der Waals surface area contributed by atoms with Crippen molar-refractivity contribution >= 4 is 40.2 Å². The summed E-state index contributed by atoms with van der Waals surface area (Å²) in [6.07, 6.45) is 4.72. The predicted molar refractivity (Wildman–Crippen MR) is 126 cm³/mol. The highest BCUT2D eigenvalue weighted by Gasteiger charge is 2.10. The fourth-order valence-electron chi connectivity index (χ4n) is 3.24. The third-order valence-electron chi connectivity index (χ3n) is 4.90. The van der Waals surface area contributed by atoms with Crippen LogP contribution >= 0.6 is 11.6 Å². The van der Waals surface area contributed by atoms with Crippen molar-refractivity contribution < 1.29 is 4.74 Å². The molecule has 0 aliphatic carbocycles. The van der Waals surface area contributed by atoms with E-state index in [1.807, 2.05) is 54.9 Å². The number of aromatic nitrogens is 7. The van der Waals surface area contributed by atoms with E-state index < -0.39 is 0 Å². The smallest absolute Gasteiger partial charge is 0.321 e. The molecule has 5 aromatic rings. The minimum absolute atomic E-state index is 0.244. The zero-order valence-corrected chi connectivity index (χ0v) is 18.6. The number of ether oxygens (including phenoxy) is 1. The van der Waals surface area contributed by atoms with Crippen molar-refractivity contribution in [3.05, 3.63) is 71.3 Å². The van der Waals surface area contributed by atoms with Crippen molar-refractivity contribution in [3.63, 3.8) is 0 Å². The number of H-pyrrole nitrogens is 1. The number of halogens is 1. The summed E-state index contributed by atoms with van der Waals surface area (Å²) in [7, 11) is 1.95. The SMILES string of the molecule is Cc1cc(Nc2cnc3nc(NCc4ccc(Oc5ncc(Cl)cn5)cc4)n(C)c3c2)n[nH]1. The Hall–Kier alpha value is -4.18. The Kier molecular flexibility index (Phi) is 5.49. The van der Waals surface area contributed by atoms with Crippen LogP contribution in [0.25, 0.3) is 11.2 Å². The number of hydrogen-bond acceptors (Lipinski definition) is 8. The van der Waals surface area contributed by atoms with Gasteiger partial charge in [-0.05, 0) is 30.7 Å². The van der Waals surface area contributed by atoms with E-state index in [1.54, 1.807) is 6.20 Å². The molecule has 0 saturated carbocycles. The summed E-state index contributed by atoms with van der Waals surface area (Å²) in [6.45, 7) is 2.54. The van der Waals surface area contributed by atoms with Crippen molar-refractivity contribution in [2.75, 3.05) is 10.6 Å². The van der Waals surface area contributed by atoms with E-state index in [-0.39, 0.29) is 6.01 Å². The highest BCUT2D eigenvalue weighted by molar-refractivity contribution is 6.30. The Morgan fingerprint density at radius 3 is 2.58 bits per heavy atom. The molecule has 33 heavy (non-hydrogen) atoms. The van der Waals surface area contributed by atoms with Crippen molar-refractivity contribution in [2.45, 2.75) is 13.5 Å². The lowest BCUT2D eigenvalue weighted by molar-refractivity contribution is 0.441.